The van der Waals surface area contributed by atoms with E-state index in [1.165, 1.54) is 18.2 Å². The van der Waals surface area contributed by atoms with Crippen molar-refractivity contribution < 1.29 is 9.90 Å². The predicted molar refractivity (Wildman–Crippen MR) is 74.5 cm³/mol. The van der Waals surface area contributed by atoms with Crippen LogP contribution in [0, 0.1) is 0 Å². The molecule has 0 aliphatic heterocycles. The molecule has 0 saturated heterocycles. The van der Waals surface area contributed by atoms with Gasteiger partial charge in [-0.15, -0.1) is 0 Å². The van der Waals surface area contributed by atoms with Crippen molar-refractivity contribution in [3.05, 3.63) is 40.0 Å². The second-order valence-corrected chi connectivity index (χ2v) is 4.53. The van der Waals surface area contributed by atoms with Crippen LogP contribution in [-0.2, 0) is 0 Å². The minimum absolute atomic E-state index is 0.0714. The first-order valence-electron chi connectivity index (χ1n) is 5.64. The Morgan fingerprint density at radius 2 is 1.94 bits per heavy atom. The molecule has 0 saturated carbocycles. The fourth-order valence-corrected chi connectivity index (χ4v) is 1.94. The van der Waals surface area contributed by atoms with Gasteiger partial charge in [0.25, 0.3) is 0 Å². The maximum atomic E-state index is 11.9. The van der Waals surface area contributed by atoms with Gasteiger partial charge in [-0.1, -0.05) is 23.2 Å². The number of benzene rings is 1. The number of aromatic hydroxyl groups is 1. The maximum absolute atomic E-state index is 11.9. The van der Waals surface area contributed by atoms with E-state index in [0.29, 0.717) is 5.02 Å². The van der Waals surface area contributed by atoms with Gasteiger partial charge in [0, 0.05) is 30.4 Å². The summed E-state index contributed by atoms with van der Waals surface area (Å²) in [5.74, 6) is -0.570. The molecule has 0 heterocycles. The van der Waals surface area contributed by atoms with Crippen molar-refractivity contribution >= 4 is 29.0 Å². The third-order valence-electron chi connectivity index (χ3n) is 2.54. The van der Waals surface area contributed by atoms with Crippen LogP contribution in [0.2, 0.25) is 10.0 Å². The van der Waals surface area contributed by atoms with Crippen LogP contribution >= 0.6 is 23.2 Å². The van der Waals surface area contributed by atoms with Crippen molar-refractivity contribution in [1.82, 2.24) is 4.90 Å². The van der Waals surface area contributed by atoms with E-state index in [2.05, 4.69) is 0 Å². The summed E-state index contributed by atoms with van der Waals surface area (Å²) in [6.07, 6.45) is 3.09. The zero-order chi connectivity index (χ0) is 13.7. The molecular formula is C13H15Cl2NO2. The highest BCUT2D eigenvalue weighted by Crippen LogP contribution is 2.31. The standard InChI is InChI=1S/C13H15Cl2NO2/c1-3-16(4-2)6-5-12(17)10-7-9(14)8-11(15)13(10)18/h5-8,18H,3-4H2,1-2H3. The van der Waals surface area contributed by atoms with E-state index in [4.69, 9.17) is 23.2 Å². The average Bonchev–Trinajstić information content (AvgIpc) is 2.34. The van der Waals surface area contributed by atoms with Gasteiger partial charge >= 0.3 is 0 Å². The fourth-order valence-electron chi connectivity index (χ4n) is 1.45. The van der Waals surface area contributed by atoms with Crippen LogP contribution in [0.25, 0.3) is 0 Å². The van der Waals surface area contributed by atoms with Gasteiger partial charge in [-0.25, -0.2) is 0 Å². The Morgan fingerprint density at radius 3 is 2.50 bits per heavy atom. The van der Waals surface area contributed by atoms with Gasteiger partial charge in [0.2, 0.25) is 0 Å². The highest BCUT2D eigenvalue weighted by molar-refractivity contribution is 6.36. The Kier molecular flexibility index (Phi) is 5.51. The number of carbonyl (C=O) groups is 1. The number of nitrogens with zero attached hydrogens (tertiary/aromatic N) is 1. The zero-order valence-electron chi connectivity index (χ0n) is 10.3. The molecule has 0 aliphatic rings. The zero-order valence-corrected chi connectivity index (χ0v) is 11.8. The third kappa shape index (κ3) is 3.65. The first kappa shape index (κ1) is 14.9. The van der Waals surface area contributed by atoms with Crippen LogP contribution in [-0.4, -0.2) is 28.9 Å². The van der Waals surface area contributed by atoms with Gasteiger partial charge in [0.05, 0.1) is 10.6 Å². The van der Waals surface area contributed by atoms with E-state index in [1.807, 2.05) is 18.7 Å². The second-order valence-electron chi connectivity index (χ2n) is 3.68. The first-order valence-corrected chi connectivity index (χ1v) is 6.39. The largest absolute Gasteiger partial charge is 0.506 e. The van der Waals surface area contributed by atoms with Crippen molar-refractivity contribution in [2.75, 3.05) is 13.1 Å². The molecule has 0 radical (unpaired) electrons. The number of carbonyl (C=O) groups excluding carboxylic acids is 1. The van der Waals surface area contributed by atoms with Gasteiger partial charge in [0.15, 0.2) is 5.78 Å². The molecule has 1 rings (SSSR count). The van der Waals surface area contributed by atoms with Crippen LogP contribution in [0.4, 0.5) is 0 Å². The topological polar surface area (TPSA) is 40.5 Å². The van der Waals surface area contributed by atoms with E-state index in [1.54, 1.807) is 6.20 Å². The monoisotopic (exact) mass is 287 g/mol. The van der Waals surface area contributed by atoms with Gasteiger partial charge < -0.3 is 10.0 Å². The smallest absolute Gasteiger partial charge is 0.191 e. The summed E-state index contributed by atoms with van der Waals surface area (Å²) in [5.41, 5.74) is 0.107. The van der Waals surface area contributed by atoms with Crippen LogP contribution in [0.5, 0.6) is 5.75 Å². The molecule has 98 valence electrons. The van der Waals surface area contributed by atoms with Gasteiger partial charge in [0.1, 0.15) is 5.75 Å². The van der Waals surface area contributed by atoms with Crippen molar-refractivity contribution in [1.29, 1.82) is 0 Å². The van der Waals surface area contributed by atoms with Crippen molar-refractivity contribution in [2.45, 2.75) is 13.8 Å². The lowest BCUT2D eigenvalue weighted by Crippen LogP contribution is -2.15. The molecule has 0 atom stereocenters. The molecule has 18 heavy (non-hydrogen) atoms. The summed E-state index contributed by atoms with van der Waals surface area (Å²) in [5, 5.41) is 10.1. The van der Waals surface area contributed by atoms with Crippen LogP contribution < -0.4 is 0 Å². The lowest BCUT2D eigenvalue weighted by Gasteiger charge is -2.14. The van der Waals surface area contributed by atoms with E-state index in [9.17, 15) is 9.90 Å². The van der Waals surface area contributed by atoms with Crippen LogP contribution in [0.3, 0.4) is 0 Å². The molecule has 0 aliphatic carbocycles. The van der Waals surface area contributed by atoms with Crippen molar-refractivity contribution in [2.24, 2.45) is 0 Å². The minimum atomic E-state index is -0.330. The minimum Gasteiger partial charge on any atom is -0.506 e. The van der Waals surface area contributed by atoms with Gasteiger partial charge in [-0.2, -0.15) is 0 Å². The molecule has 0 aromatic heterocycles. The van der Waals surface area contributed by atoms with Crippen molar-refractivity contribution in [3.63, 3.8) is 0 Å². The summed E-state index contributed by atoms with van der Waals surface area (Å²) in [6, 6.07) is 2.79. The number of phenols is 1. The first-order chi connectivity index (χ1) is 8.49. The number of halogens is 2. The van der Waals surface area contributed by atoms with Gasteiger partial charge in [-0.3, -0.25) is 4.79 Å². The molecule has 1 aromatic carbocycles. The van der Waals surface area contributed by atoms with E-state index in [-0.39, 0.29) is 22.1 Å². The summed E-state index contributed by atoms with van der Waals surface area (Å²) < 4.78 is 0. The van der Waals surface area contributed by atoms with E-state index >= 15 is 0 Å². The molecule has 5 heteroatoms. The molecule has 1 N–H and O–H groups in total. The molecule has 0 fully saturated rings. The average molecular weight is 288 g/mol. The molecule has 1 aromatic rings. The molecular weight excluding hydrogens is 273 g/mol. The van der Waals surface area contributed by atoms with E-state index in [0.717, 1.165) is 13.1 Å². The quantitative estimate of drug-likeness (QED) is 0.663. The second kappa shape index (κ2) is 6.66. The van der Waals surface area contributed by atoms with Gasteiger partial charge in [-0.05, 0) is 26.0 Å². The molecule has 0 amide bonds. The number of phenolic OH excluding ortho intramolecular Hbond substituents is 1. The Bertz CT molecular complexity index is 468. The summed E-state index contributed by atoms with van der Waals surface area (Å²) in [6.45, 7) is 5.60. The maximum Gasteiger partial charge on any atom is 0.191 e. The SMILES string of the molecule is CCN(C=CC(=O)c1cc(Cl)cc(Cl)c1O)CC. The number of hydrogen-bond donors (Lipinski definition) is 1. The Labute approximate surface area is 117 Å². The number of allylic oxidation sites excluding steroid dienone is 1. The lowest BCUT2D eigenvalue weighted by atomic mass is 10.1. The molecule has 0 bridgehead atoms. The third-order valence-corrected chi connectivity index (χ3v) is 3.05. The van der Waals surface area contributed by atoms with E-state index < -0.39 is 0 Å². The Morgan fingerprint density at radius 1 is 1.33 bits per heavy atom. The Hall–Kier alpha value is -1.19. The Balaban J connectivity index is 2.98. The van der Waals surface area contributed by atoms with Crippen molar-refractivity contribution in [3.8, 4) is 5.75 Å². The summed E-state index contributed by atoms with van der Waals surface area (Å²) in [7, 11) is 0. The molecule has 0 spiro atoms. The summed E-state index contributed by atoms with van der Waals surface area (Å²) in [4.78, 5) is 13.9. The number of hydrogen-bond acceptors (Lipinski definition) is 3. The predicted octanol–water partition coefficient (Wildman–Crippen LogP) is 3.74. The normalized spacial score (nSPS) is 10.9. The molecule has 0 unspecified atom stereocenters. The van der Waals surface area contributed by atoms with Crippen LogP contribution in [0.15, 0.2) is 24.4 Å². The summed E-state index contributed by atoms with van der Waals surface area (Å²) >= 11 is 11.6. The highest BCUT2D eigenvalue weighted by Gasteiger charge is 2.13. The lowest BCUT2D eigenvalue weighted by molar-refractivity contribution is 0.104. The number of rotatable bonds is 5. The molecule has 3 nitrogen and oxygen atoms in total. The number of ketones is 1. The highest BCUT2D eigenvalue weighted by atomic mass is 35.5. The van der Waals surface area contributed by atoms with Crippen LogP contribution in [0.1, 0.15) is 24.2 Å². The fraction of sp³-hybridized carbons (Fsp3) is 0.308.